The van der Waals surface area contributed by atoms with Gasteiger partial charge >= 0.3 is 0 Å². The molecule has 0 spiro atoms. The third-order valence-corrected chi connectivity index (χ3v) is 5.87. The van der Waals surface area contributed by atoms with Gasteiger partial charge in [-0.25, -0.2) is 0 Å². The Morgan fingerprint density at radius 2 is 2.07 bits per heavy atom. The van der Waals surface area contributed by atoms with Gasteiger partial charge in [-0.15, -0.1) is 11.8 Å². The minimum atomic E-state index is -0.471. The Labute approximate surface area is 180 Å². The van der Waals surface area contributed by atoms with Gasteiger partial charge in [0.15, 0.2) is 0 Å². The molecule has 0 unspecified atom stereocenters. The zero-order valence-corrected chi connectivity index (χ0v) is 17.7. The van der Waals surface area contributed by atoms with E-state index in [2.05, 4.69) is 11.4 Å². The van der Waals surface area contributed by atoms with Crippen LogP contribution in [0.3, 0.4) is 0 Å². The molecule has 1 aliphatic rings. The molecular weight excluding hydrogens is 402 g/mol. The average molecular weight is 426 g/mol. The number of nitriles is 1. The summed E-state index contributed by atoms with van der Waals surface area (Å²) >= 11 is 1.52. The predicted molar refractivity (Wildman–Crippen MR) is 116 cm³/mol. The van der Waals surface area contributed by atoms with Gasteiger partial charge in [0.25, 0.3) is 0 Å². The highest BCUT2D eigenvalue weighted by Crippen LogP contribution is 2.36. The lowest BCUT2D eigenvalue weighted by atomic mass is 10.1. The van der Waals surface area contributed by atoms with E-state index in [0.29, 0.717) is 35.0 Å². The first-order valence-electron chi connectivity index (χ1n) is 9.49. The van der Waals surface area contributed by atoms with E-state index >= 15 is 0 Å². The van der Waals surface area contributed by atoms with Crippen molar-refractivity contribution in [3.05, 3.63) is 42.5 Å². The maximum absolute atomic E-state index is 12.9. The average Bonchev–Trinajstić information content (AvgIpc) is 3.16. The molecule has 0 bridgehead atoms. The van der Waals surface area contributed by atoms with E-state index in [-0.39, 0.29) is 24.8 Å². The zero-order valence-electron chi connectivity index (χ0n) is 16.9. The molecule has 2 aromatic carbocycles. The quantitative estimate of drug-likeness (QED) is 0.512. The Morgan fingerprint density at radius 3 is 2.80 bits per heavy atom. The van der Waals surface area contributed by atoms with Crippen LogP contribution in [-0.2, 0) is 9.59 Å². The first kappa shape index (κ1) is 21.5. The number of para-hydroxylation sites is 1. The minimum absolute atomic E-state index is 0.129. The molecule has 0 aliphatic carbocycles. The molecule has 0 aromatic heterocycles. The van der Waals surface area contributed by atoms with Crippen molar-refractivity contribution in [2.75, 3.05) is 36.7 Å². The number of anilines is 2. The Kier molecular flexibility index (Phi) is 7.20. The smallest absolute Gasteiger partial charge is 0.229 e. The molecule has 1 N–H and O–H groups in total. The van der Waals surface area contributed by atoms with Gasteiger partial charge in [0.1, 0.15) is 11.5 Å². The maximum Gasteiger partial charge on any atom is 0.229 e. The second-order valence-electron chi connectivity index (χ2n) is 6.69. The Morgan fingerprint density at radius 1 is 1.27 bits per heavy atom. The molecule has 3 rings (SSSR count). The van der Waals surface area contributed by atoms with Crippen molar-refractivity contribution in [3.8, 4) is 17.6 Å². The lowest BCUT2D eigenvalue weighted by Gasteiger charge is -2.20. The summed E-state index contributed by atoms with van der Waals surface area (Å²) in [5.41, 5.74) is 1.31. The second kappa shape index (κ2) is 10.0. The number of nitrogens with zero attached hydrogens (tertiary/aromatic N) is 2. The normalized spacial score (nSPS) is 15.6. The number of carbonyl (C=O) groups is 2. The van der Waals surface area contributed by atoms with Crippen LogP contribution in [0.4, 0.5) is 11.4 Å². The lowest BCUT2D eigenvalue weighted by molar-refractivity contribution is -0.122. The van der Waals surface area contributed by atoms with Crippen molar-refractivity contribution in [1.29, 1.82) is 5.26 Å². The van der Waals surface area contributed by atoms with Crippen molar-refractivity contribution in [2.45, 2.75) is 17.7 Å². The van der Waals surface area contributed by atoms with Gasteiger partial charge < -0.3 is 19.7 Å². The first-order valence-corrected chi connectivity index (χ1v) is 10.5. The highest BCUT2D eigenvalue weighted by molar-refractivity contribution is 7.99. The summed E-state index contributed by atoms with van der Waals surface area (Å²) in [5, 5.41) is 11.7. The van der Waals surface area contributed by atoms with Crippen molar-refractivity contribution in [1.82, 2.24) is 0 Å². The number of nitrogens with one attached hydrogen (secondary N) is 1. The van der Waals surface area contributed by atoms with E-state index in [1.54, 1.807) is 30.2 Å². The van der Waals surface area contributed by atoms with Gasteiger partial charge in [-0.3, -0.25) is 9.59 Å². The van der Waals surface area contributed by atoms with Gasteiger partial charge in [-0.2, -0.15) is 5.26 Å². The summed E-state index contributed by atoms with van der Waals surface area (Å²) < 4.78 is 10.6. The molecule has 1 aliphatic heterocycles. The molecule has 30 heavy (non-hydrogen) atoms. The number of hydrogen-bond donors (Lipinski definition) is 1. The number of benzene rings is 2. The summed E-state index contributed by atoms with van der Waals surface area (Å²) in [6.07, 6.45) is 0.563. The number of methoxy groups -OCH3 is 2. The van der Waals surface area contributed by atoms with Crippen LogP contribution in [-0.4, -0.2) is 38.3 Å². The van der Waals surface area contributed by atoms with Crippen LogP contribution < -0.4 is 19.7 Å². The van der Waals surface area contributed by atoms with E-state index in [0.717, 1.165) is 4.90 Å². The molecular formula is C22H23N3O4S. The summed E-state index contributed by atoms with van der Waals surface area (Å²) in [5.74, 6) is 0.990. The van der Waals surface area contributed by atoms with Crippen LogP contribution >= 0.6 is 11.8 Å². The summed E-state index contributed by atoms with van der Waals surface area (Å²) in [4.78, 5) is 28.0. The Balaban J connectivity index is 1.71. The van der Waals surface area contributed by atoms with E-state index in [1.807, 2.05) is 24.3 Å². The van der Waals surface area contributed by atoms with Gasteiger partial charge in [-0.05, 0) is 24.3 Å². The van der Waals surface area contributed by atoms with Crippen LogP contribution in [0.5, 0.6) is 11.5 Å². The molecule has 1 atom stereocenters. The molecule has 156 valence electrons. The monoisotopic (exact) mass is 425 g/mol. The molecule has 0 saturated carbocycles. The van der Waals surface area contributed by atoms with Crippen molar-refractivity contribution in [3.63, 3.8) is 0 Å². The number of carbonyl (C=O) groups excluding carboxylic acids is 2. The lowest BCUT2D eigenvalue weighted by Crippen LogP contribution is -2.28. The third kappa shape index (κ3) is 4.86. The van der Waals surface area contributed by atoms with E-state index in [1.165, 1.54) is 18.9 Å². The van der Waals surface area contributed by atoms with Gasteiger partial charge in [0.2, 0.25) is 11.8 Å². The van der Waals surface area contributed by atoms with E-state index in [9.17, 15) is 9.59 Å². The first-order chi connectivity index (χ1) is 14.6. The molecule has 2 amide bonds. The van der Waals surface area contributed by atoms with Crippen molar-refractivity contribution < 1.29 is 19.1 Å². The van der Waals surface area contributed by atoms with Crippen LogP contribution in [0.25, 0.3) is 0 Å². The summed E-state index contributed by atoms with van der Waals surface area (Å²) in [6, 6.07) is 14.8. The number of thioether (sulfide) groups is 1. The molecule has 8 heteroatoms. The molecule has 1 saturated heterocycles. The van der Waals surface area contributed by atoms with Gasteiger partial charge in [-0.1, -0.05) is 12.1 Å². The minimum Gasteiger partial charge on any atom is -0.497 e. The van der Waals surface area contributed by atoms with Crippen molar-refractivity contribution in [2.24, 2.45) is 5.92 Å². The third-order valence-electron chi connectivity index (χ3n) is 4.79. The Hall–Kier alpha value is -3.18. The Bertz CT molecular complexity index is 973. The predicted octanol–water partition coefficient (Wildman–Crippen LogP) is 3.70. The molecule has 1 fully saturated rings. The molecule has 2 aromatic rings. The standard InChI is InChI=1S/C22H23N3O4S/c1-28-16-8-9-18(19(13-16)29-2)25-14-15(12-21(25)26)22(27)24-17-6-3-4-7-20(17)30-11-5-10-23/h3-4,6-9,13,15H,5,11-12,14H2,1-2H3,(H,24,27)/t15-/m0/s1. The highest BCUT2D eigenvalue weighted by atomic mass is 32.2. The molecule has 7 nitrogen and oxygen atoms in total. The van der Waals surface area contributed by atoms with Gasteiger partial charge in [0.05, 0.1) is 37.6 Å². The maximum atomic E-state index is 12.9. The largest absolute Gasteiger partial charge is 0.497 e. The topological polar surface area (TPSA) is 91.7 Å². The van der Waals surface area contributed by atoms with Gasteiger partial charge in [0, 0.05) is 36.1 Å². The zero-order chi connectivity index (χ0) is 21.5. The van der Waals surface area contributed by atoms with Crippen LogP contribution in [0, 0.1) is 17.2 Å². The fourth-order valence-electron chi connectivity index (χ4n) is 3.26. The number of ether oxygens (including phenoxy) is 2. The molecule has 1 heterocycles. The number of hydrogen-bond acceptors (Lipinski definition) is 6. The fraction of sp³-hybridized carbons (Fsp3) is 0.318. The van der Waals surface area contributed by atoms with Crippen LogP contribution in [0.2, 0.25) is 0 Å². The highest BCUT2D eigenvalue weighted by Gasteiger charge is 2.36. The number of amides is 2. The van der Waals surface area contributed by atoms with Crippen LogP contribution in [0.15, 0.2) is 47.4 Å². The molecule has 0 radical (unpaired) electrons. The van der Waals surface area contributed by atoms with E-state index in [4.69, 9.17) is 14.7 Å². The fourth-order valence-corrected chi connectivity index (χ4v) is 4.12. The van der Waals surface area contributed by atoms with Crippen molar-refractivity contribution >= 4 is 35.0 Å². The summed E-state index contributed by atoms with van der Waals surface area (Å²) in [7, 11) is 3.09. The van der Waals surface area contributed by atoms with E-state index < -0.39 is 5.92 Å². The number of rotatable bonds is 8. The van der Waals surface area contributed by atoms with Crippen LogP contribution in [0.1, 0.15) is 12.8 Å². The summed E-state index contributed by atoms with van der Waals surface area (Å²) in [6.45, 7) is 0.275. The second-order valence-corrected chi connectivity index (χ2v) is 7.82. The SMILES string of the molecule is COc1ccc(N2C[C@@H](C(=O)Nc3ccccc3SCCC#N)CC2=O)c(OC)c1.